The Morgan fingerprint density at radius 3 is 2.55 bits per heavy atom. The van der Waals surface area contributed by atoms with Crippen LogP contribution in [-0.2, 0) is 0 Å². The van der Waals surface area contributed by atoms with Gasteiger partial charge in [0.15, 0.2) is 0 Å². The molecule has 0 spiro atoms. The van der Waals surface area contributed by atoms with Crippen molar-refractivity contribution in [3.8, 4) is 5.75 Å². The van der Waals surface area contributed by atoms with Crippen LogP contribution in [0, 0.1) is 13.8 Å². The van der Waals surface area contributed by atoms with Gasteiger partial charge in [0, 0.05) is 0 Å². The zero-order valence-electron chi connectivity index (χ0n) is 6.28. The van der Waals surface area contributed by atoms with Crippen LogP contribution < -0.4 is 0 Å². The van der Waals surface area contributed by atoms with E-state index in [4.69, 9.17) is 11.6 Å². The third-order valence-corrected chi connectivity index (χ3v) is 2.96. The first-order valence-corrected chi connectivity index (χ1v) is 4.35. The molecule has 0 radical (unpaired) electrons. The lowest BCUT2D eigenvalue weighted by Gasteiger charge is -2.06. The van der Waals surface area contributed by atoms with Crippen molar-refractivity contribution in [2.75, 3.05) is 0 Å². The van der Waals surface area contributed by atoms with E-state index in [9.17, 15) is 5.11 Å². The summed E-state index contributed by atoms with van der Waals surface area (Å²) in [7, 11) is 0. The van der Waals surface area contributed by atoms with Crippen molar-refractivity contribution in [3.05, 3.63) is 26.7 Å². The average Bonchev–Trinajstić information content (AvgIpc) is 1.97. The van der Waals surface area contributed by atoms with Gasteiger partial charge in [-0.15, -0.1) is 0 Å². The maximum Gasteiger partial charge on any atom is 0.148 e. The van der Waals surface area contributed by atoms with E-state index in [0.717, 1.165) is 11.1 Å². The smallest absolute Gasteiger partial charge is 0.148 e. The first kappa shape index (κ1) is 8.88. The molecule has 1 rings (SSSR count). The molecular weight excluding hydrogens is 227 g/mol. The van der Waals surface area contributed by atoms with Crippen LogP contribution in [0.2, 0.25) is 5.02 Å². The Balaban J connectivity index is 3.46. The maximum atomic E-state index is 9.33. The number of hydrogen-bond acceptors (Lipinski definition) is 1. The monoisotopic (exact) mass is 234 g/mol. The number of aromatic hydroxyl groups is 1. The summed E-state index contributed by atoms with van der Waals surface area (Å²) in [5.41, 5.74) is 2.09. The van der Waals surface area contributed by atoms with Crippen LogP contribution in [0.5, 0.6) is 5.75 Å². The summed E-state index contributed by atoms with van der Waals surface area (Å²) < 4.78 is 0.683. The molecular formula is C8H8BrClO. The van der Waals surface area contributed by atoms with Crippen LogP contribution in [0.4, 0.5) is 0 Å². The van der Waals surface area contributed by atoms with E-state index in [0.29, 0.717) is 9.50 Å². The second kappa shape index (κ2) is 3.03. The topological polar surface area (TPSA) is 20.2 Å². The molecule has 1 aromatic rings. The molecule has 60 valence electrons. The van der Waals surface area contributed by atoms with Crippen molar-refractivity contribution in [1.82, 2.24) is 0 Å². The zero-order valence-corrected chi connectivity index (χ0v) is 8.62. The van der Waals surface area contributed by atoms with E-state index in [1.54, 1.807) is 6.07 Å². The summed E-state index contributed by atoms with van der Waals surface area (Å²) in [6, 6.07) is 1.75. The summed E-state index contributed by atoms with van der Waals surface area (Å²) in [5.74, 6) is 0.120. The lowest BCUT2D eigenvalue weighted by Crippen LogP contribution is -1.83. The highest BCUT2D eigenvalue weighted by Crippen LogP contribution is 2.35. The van der Waals surface area contributed by atoms with Gasteiger partial charge in [-0.2, -0.15) is 0 Å². The number of phenolic OH excluding ortho intramolecular Hbond substituents is 1. The number of aryl methyl sites for hydroxylation is 1. The van der Waals surface area contributed by atoms with Crippen LogP contribution in [0.25, 0.3) is 0 Å². The summed E-state index contributed by atoms with van der Waals surface area (Å²) in [6.07, 6.45) is 0. The minimum atomic E-state index is 0.120. The highest BCUT2D eigenvalue weighted by molar-refractivity contribution is 9.10. The average molecular weight is 236 g/mol. The normalized spacial score (nSPS) is 10.2. The molecule has 0 atom stereocenters. The predicted octanol–water partition coefficient (Wildman–Crippen LogP) is 3.42. The van der Waals surface area contributed by atoms with Gasteiger partial charge in [-0.1, -0.05) is 11.6 Å². The Kier molecular flexibility index (Phi) is 2.45. The molecule has 0 aliphatic carbocycles. The van der Waals surface area contributed by atoms with Crippen LogP contribution in [0.15, 0.2) is 10.5 Å². The highest BCUT2D eigenvalue weighted by Gasteiger charge is 2.08. The second-order valence-corrected chi connectivity index (χ2v) is 3.66. The van der Waals surface area contributed by atoms with Crippen molar-refractivity contribution >= 4 is 27.5 Å². The van der Waals surface area contributed by atoms with Crippen molar-refractivity contribution in [2.45, 2.75) is 13.8 Å². The highest BCUT2D eigenvalue weighted by atomic mass is 79.9. The van der Waals surface area contributed by atoms with E-state index in [1.807, 2.05) is 13.8 Å². The quantitative estimate of drug-likeness (QED) is 0.730. The standard InChI is InChI=1S/C8H8BrClO/c1-4-3-6(10)8(11)7(9)5(4)2/h3,11H,1-2H3. The Bertz CT molecular complexity index is 270. The van der Waals surface area contributed by atoms with Gasteiger partial charge in [-0.3, -0.25) is 0 Å². The molecule has 0 unspecified atom stereocenters. The predicted molar refractivity (Wildman–Crippen MR) is 50.3 cm³/mol. The molecule has 0 bridgehead atoms. The van der Waals surface area contributed by atoms with E-state index < -0.39 is 0 Å². The summed E-state index contributed by atoms with van der Waals surface area (Å²) in [6.45, 7) is 3.88. The largest absolute Gasteiger partial charge is 0.505 e. The Morgan fingerprint density at radius 2 is 2.00 bits per heavy atom. The van der Waals surface area contributed by atoms with Gasteiger partial charge in [0.1, 0.15) is 5.75 Å². The van der Waals surface area contributed by atoms with Crippen LogP contribution in [0.1, 0.15) is 11.1 Å². The third-order valence-electron chi connectivity index (χ3n) is 1.70. The molecule has 0 heterocycles. The van der Waals surface area contributed by atoms with Crippen molar-refractivity contribution in [1.29, 1.82) is 0 Å². The van der Waals surface area contributed by atoms with Gasteiger partial charge in [0.25, 0.3) is 0 Å². The van der Waals surface area contributed by atoms with Crippen LogP contribution >= 0.6 is 27.5 Å². The summed E-state index contributed by atoms with van der Waals surface area (Å²) >= 11 is 8.96. The molecule has 3 heteroatoms. The first-order valence-electron chi connectivity index (χ1n) is 3.18. The third kappa shape index (κ3) is 1.52. The number of rotatable bonds is 0. The Hall–Kier alpha value is -0.210. The summed E-state index contributed by atoms with van der Waals surface area (Å²) in [5, 5.41) is 9.72. The fraction of sp³-hybridized carbons (Fsp3) is 0.250. The molecule has 1 N–H and O–H groups in total. The lowest BCUT2D eigenvalue weighted by molar-refractivity contribution is 0.471. The van der Waals surface area contributed by atoms with E-state index in [2.05, 4.69) is 15.9 Å². The Morgan fingerprint density at radius 1 is 1.45 bits per heavy atom. The van der Waals surface area contributed by atoms with Gasteiger partial charge in [0.05, 0.1) is 9.50 Å². The van der Waals surface area contributed by atoms with Gasteiger partial charge in [-0.05, 0) is 47.0 Å². The SMILES string of the molecule is Cc1cc(Cl)c(O)c(Br)c1C. The van der Waals surface area contributed by atoms with E-state index >= 15 is 0 Å². The van der Waals surface area contributed by atoms with Gasteiger partial charge in [0.2, 0.25) is 0 Å². The van der Waals surface area contributed by atoms with Gasteiger partial charge in [-0.25, -0.2) is 0 Å². The zero-order chi connectivity index (χ0) is 8.59. The van der Waals surface area contributed by atoms with Gasteiger partial charge >= 0.3 is 0 Å². The molecule has 0 aliphatic rings. The molecule has 0 aliphatic heterocycles. The second-order valence-electron chi connectivity index (χ2n) is 2.46. The van der Waals surface area contributed by atoms with Crippen molar-refractivity contribution in [3.63, 3.8) is 0 Å². The molecule has 0 aromatic heterocycles. The Labute approximate surface area is 79.1 Å². The van der Waals surface area contributed by atoms with Crippen LogP contribution in [-0.4, -0.2) is 5.11 Å². The first-order chi connectivity index (χ1) is 5.04. The molecule has 0 amide bonds. The number of benzene rings is 1. The minimum absolute atomic E-state index is 0.120. The molecule has 0 saturated carbocycles. The molecule has 1 nitrogen and oxygen atoms in total. The number of halogens is 2. The molecule has 1 aromatic carbocycles. The van der Waals surface area contributed by atoms with Crippen molar-refractivity contribution < 1.29 is 5.11 Å². The number of phenols is 1. The van der Waals surface area contributed by atoms with Gasteiger partial charge < -0.3 is 5.11 Å². The van der Waals surface area contributed by atoms with E-state index in [-0.39, 0.29) is 5.75 Å². The minimum Gasteiger partial charge on any atom is -0.505 e. The van der Waals surface area contributed by atoms with Crippen LogP contribution in [0.3, 0.4) is 0 Å². The fourth-order valence-corrected chi connectivity index (χ4v) is 1.72. The lowest BCUT2D eigenvalue weighted by atomic mass is 10.1. The summed E-state index contributed by atoms with van der Waals surface area (Å²) in [4.78, 5) is 0. The fourth-order valence-electron chi connectivity index (χ4n) is 0.822. The van der Waals surface area contributed by atoms with E-state index in [1.165, 1.54) is 0 Å². The molecule has 0 fully saturated rings. The molecule has 0 saturated heterocycles. The molecule has 11 heavy (non-hydrogen) atoms. The maximum absolute atomic E-state index is 9.33. The van der Waals surface area contributed by atoms with Crippen molar-refractivity contribution in [2.24, 2.45) is 0 Å². The number of hydrogen-bond donors (Lipinski definition) is 1.